The van der Waals surface area contributed by atoms with Gasteiger partial charge in [0, 0.05) is 6.42 Å². The Hall–Kier alpha value is -0.670. The van der Waals surface area contributed by atoms with Crippen molar-refractivity contribution < 1.29 is 9.59 Å². The summed E-state index contributed by atoms with van der Waals surface area (Å²) in [5.41, 5.74) is 0. The van der Waals surface area contributed by atoms with Gasteiger partial charge in [0.15, 0.2) is 5.84 Å². The average molecular weight is 338 g/mol. The van der Waals surface area contributed by atoms with Gasteiger partial charge in [-0.05, 0) is 39.0 Å². The molecule has 1 rings (SSSR count). The van der Waals surface area contributed by atoms with Crippen LogP contribution in [0, 0.1) is 0 Å². The van der Waals surface area contributed by atoms with E-state index in [0.29, 0.717) is 0 Å². The van der Waals surface area contributed by atoms with E-state index in [9.17, 15) is 5.11 Å². The van der Waals surface area contributed by atoms with Gasteiger partial charge in [-0.2, -0.15) is 0 Å². The SMILES string of the molecule is CCCCCCCC/C=C/CCCCC1=NCC[N+]1(CC)CCO. The third-order valence-electron chi connectivity index (χ3n) is 5.42. The zero-order valence-electron chi connectivity index (χ0n) is 16.3. The summed E-state index contributed by atoms with van der Waals surface area (Å²) in [6.07, 6.45) is 19.1. The number of amidine groups is 1. The van der Waals surface area contributed by atoms with Gasteiger partial charge in [0.05, 0.1) is 19.7 Å². The lowest BCUT2D eigenvalue weighted by atomic mass is 10.1. The van der Waals surface area contributed by atoms with Crippen molar-refractivity contribution in [2.45, 2.75) is 84.5 Å². The Bertz CT molecular complexity index is 365. The first-order chi connectivity index (χ1) is 11.8. The van der Waals surface area contributed by atoms with E-state index >= 15 is 0 Å². The van der Waals surface area contributed by atoms with E-state index in [4.69, 9.17) is 4.99 Å². The van der Waals surface area contributed by atoms with Crippen LogP contribution in [-0.2, 0) is 0 Å². The molecule has 0 bridgehead atoms. The fourth-order valence-electron chi connectivity index (χ4n) is 3.72. The van der Waals surface area contributed by atoms with Crippen molar-refractivity contribution in [1.29, 1.82) is 0 Å². The molecule has 0 amide bonds. The van der Waals surface area contributed by atoms with Gasteiger partial charge in [-0.15, -0.1) is 0 Å². The number of nitrogens with zero attached hydrogens (tertiary/aromatic N) is 2. The predicted molar refractivity (Wildman–Crippen MR) is 106 cm³/mol. The van der Waals surface area contributed by atoms with Crippen molar-refractivity contribution >= 4 is 5.84 Å². The minimum Gasteiger partial charge on any atom is -0.390 e. The van der Waals surface area contributed by atoms with E-state index in [2.05, 4.69) is 26.0 Å². The highest BCUT2D eigenvalue weighted by Gasteiger charge is 2.35. The van der Waals surface area contributed by atoms with Crippen LogP contribution in [0.1, 0.15) is 84.5 Å². The molecular weight excluding hydrogens is 296 g/mol. The summed E-state index contributed by atoms with van der Waals surface area (Å²) in [5, 5.41) is 9.33. The van der Waals surface area contributed by atoms with Crippen LogP contribution in [-0.4, -0.2) is 48.2 Å². The number of aliphatic hydroxyl groups excluding tert-OH is 1. The summed E-state index contributed by atoms with van der Waals surface area (Å²) in [6.45, 7) is 8.71. The molecule has 1 aliphatic rings. The molecule has 1 atom stereocenters. The summed E-state index contributed by atoms with van der Waals surface area (Å²) in [5.74, 6) is 1.34. The highest BCUT2D eigenvalue weighted by atomic mass is 16.3. The maximum absolute atomic E-state index is 9.33. The normalized spacial score (nSPS) is 20.9. The van der Waals surface area contributed by atoms with Crippen LogP contribution >= 0.6 is 0 Å². The molecule has 0 aromatic heterocycles. The minimum atomic E-state index is 0.272. The van der Waals surface area contributed by atoms with Crippen LogP contribution in [0.5, 0.6) is 0 Å². The lowest BCUT2D eigenvalue weighted by Crippen LogP contribution is -2.52. The van der Waals surface area contributed by atoms with Crippen LogP contribution in [0.3, 0.4) is 0 Å². The molecule has 0 saturated carbocycles. The van der Waals surface area contributed by atoms with Gasteiger partial charge in [-0.25, -0.2) is 4.99 Å². The molecule has 0 spiro atoms. The second-order valence-electron chi connectivity index (χ2n) is 7.20. The zero-order chi connectivity index (χ0) is 17.5. The average Bonchev–Trinajstić information content (AvgIpc) is 2.99. The van der Waals surface area contributed by atoms with E-state index in [1.54, 1.807) is 0 Å². The van der Waals surface area contributed by atoms with E-state index in [0.717, 1.165) is 37.1 Å². The quantitative estimate of drug-likeness (QED) is 0.252. The Kier molecular flexibility index (Phi) is 12.1. The topological polar surface area (TPSA) is 32.6 Å². The smallest absolute Gasteiger partial charge is 0.198 e. The number of aliphatic hydroxyl groups is 1. The van der Waals surface area contributed by atoms with Crippen LogP contribution in [0.2, 0.25) is 0 Å². The highest BCUT2D eigenvalue weighted by molar-refractivity contribution is 5.76. The molecule has 0 aliphatic carbocycles. The Morgan fingerprint density at radius 1 is 0.958 bits per heavy atom. The second-order valence-corrected chi connectivity index (χ2v) is 7.20. The third kappa shape index (κ3) is 7.94. The molecule has 1 unspecified atom stereocenters. The number of aliphatic imine (C=N–C) groups is 1. The fraction of sp³-hybridized carbons (Fsp3) is 0.857. The summed E-state index contributed by atoms with van der Waals surface area (Å²) >= 11 is 0. The fourth-order valence-corrected chi connectivity index (χ4v) is 3.72. The monoisotopic (exact) mass is 337 g/mol. The zero-order valence-corrected chi connectivity index (χ0v) is 16.3. The molecule has 3 nitrogen and oxygen atoms in total. The van der Waals surface area contributed by atoms with Crippen molar-refractivity contribution in [2.75, 3.05) is 32.8 Å². The van der Waals surface area contributed by atoms with Gasteiger partial charge in [-0.1, -0.05) is 51.2 Å². The molecule has 1 heterocycles. The Morgan fingerprint density at radius 2 is 1.62 bits per heavy atom. The van der Waals surface area contributed by atoms with Gasteiger partial charge in [0.25, 0.3) is 0 Å². The number of allylic oxidation sites excluding steroid dienone is 2. The minimum absolute atomic E-state index is 0.272. The van der Waals surface area contributed by atoms with Crippen molar-refractivity contribution in [3.63, 3.8) is 0 Å². The van der Waals surface area contributed by atoms with Gasteiger partial charge < -0.3 is 5.11 Å². The number of hydrogen-bond acceptors (Lipinski definition) is 2. The number of quaternary nitrogens is 1. The van der Waals surface area contributed by atoms with Crippen molar-refractivity contribution in [3.05, 3.63) is 12.2 Å². The van der Waals surface area contributed by atoms with Gasteiger partial charge in [0.1, 0.15) is 13.1 Å². The maximum atomic E-state index is 9.33. The first kappa shape index (κ1) is 21.4. The summed E-state index contributed by atoms with van der Waals surface area (Å²) in [6, 6.07) is 0. The standard InChI is InChI=1S/C21H41N2O/c1-3-5-6-7-8-9-10-11-12-13-14-15-16-21-22-17-18-23(21,4-2)19-20-24/h11-12,24H,3-10,13-20H2,1-2H3/q+1/b12-11+. The van der Waals surface area contributed by atoms with E-state index < -0.39 is 0 Å². The number of likely N-dealkylation sites (N-methyl/N-ethyl adjacent to an activating group) is 1. The third-order valence-corrected chi connectivity index (χ3v) is 5.42. The summed E-state index contributed by atoms with van der Waals surface area (Å²) in [4.78, 5) is 4.73. The molecule has 140 valence electrons. The predicted octanol–water partition coefficient (Wildman–Crippen LogP) is 5.09. The molecule has 24 heavy (non-hydrogen) atoms. The Morgan fingerprint density at radius 3 is 2.29 bits per heavy atom. The van der Waals surface area contributed by atoms with E-state index in [1.165, 1.54) is 70.0 Å². The second kappa shape index (κ2) is 13.6. The number of unbranched alkanes of at least 4 members (excludes halogenated alkanes) is 8. The van der Waals surface area contributed by atoms with Crippen LogP contribution in [0.25, 0.3) is 0 Å². The van der Waals surface area contributed by atoms with E-state index in [1.807, 2.05) is 0 Å². The lowest BCUT2D eigenvalue weighted by Gasteiger charge is -2.33. The van der Waals surface area contributed by atoms with Gasteiger partial charge in [-0.3, -0.25) is 4.48 Å². The van der Waals surface area contributed by atoms with Crippen LogP contribution < -0.4 is 0 Å². The van der Waals surface area contributed by atoms with Gasteiger partial charge >= 0.3 is 0 Å². The van der Waals surface area contributed by atoms with Crippen molar-refractivity contribution in [1.82, 2.24) is 0 Å². The van der Waals surface area contributed by atoms with Crippen molar-refractivity contribution in [2.24, 2.45) is 4.99 Å². The van der Waals surface area contributed by atoms with E-state index in [-0.39, 0.29) is 6.61 Å². The highest BCUT2D eigenvalue weighted by Crippen LogP contribution is 2.19. The molecule has 0 aromatic carbocycles. The maximum Gasteiger partial charge on any atom is 0.198 e. The first-order valence-electron chi connectivity index (χ1n) is 10.4. The molecule has 1 aliphatic heterocycles. The number of hydrogen-bond donors (Lipinski definition) is 1. The molecule has 0 aromatic rings. The Labute approximate surface area is 150 Å². The molecule has 0 saturated heterocycles. The number of rotatable bonds is 15. The van der Waals surface area contributed by atoms with Crippen LogP contribution in [0.4, 0.5) is 0 Å². The summed E-state index contributed by atoms with van der Waals surface area (Å²) < 4.78 is 0.935. The molecule has 3 heteroatoms. The first-order valence-corrected chi connectivity index (χ1v) is 10.4. The molecule has 0 fully saturated rings. The van der Waals surface area contributed by atoms with Gasteiger partial charge in [0.2, 0.25) is 0 Å². The molecule has 1 N–H and O–H groups in total. The molecular formula is C21H41N2O+. The largest absolute Gasteiger partial charge is 0.390 e. The van der Waals surface area contributed by atoms with Crippen molar-refractivity contribution in [3.8, 4) is 0 Å². The molecule has 0 radical (unpaired) electrons. The van der Waals surface area contributed by atoms with Crippen LogP contribution in [0.15, 0.2) is 17.1 Å². The lowest BCUT2D eigenvalue weighted by molar-refractivity contribution is -0.835. The Balaban J connectivity index is 2.04. The summed E-state index contributed by atoms with van der Waals surface area (Å²) in [7, 11) is 0.